The van der Waals surface area contributed by atoms with Gasteiger partial charge in [0.1, 0.15) is 0 Å². The smallest absolute Gasteiger partial charge is 0.295 e. The van der Waals surface area contributed by atoms with Crippen LogP contribution in [0.1, 0.15) is 24.5 Å². The monoisotopic (exact) mass is 238 g/mol. The summed E-state index contributed by atoms with van der Waals surface area (Å²) < 4.78 is 15.4. The lowest BCUT2D eigenvalue weighted by atomic mass is 10.3. The van der Waals surface area contributed by atoms with Crippen LogP contribution in [0.3, 0.4) is 0 Å². The predicted molar refractivity (Wildman–Crippen MR) is 58.0 cm³/mol. The van der Waals surface area contributed by atoms with Crippen LogP contribution in [0.5, 0.6) is 0 Å². The van der Waals surface area contributed by atoms with Crippen LogP contribution < -0.4 is 5.73 Å². The Labute approximate surface area is 98.0 Å². The molecule has 7 heteroatoms. The third-order valence-corrected chi connectivity index (χ3v) is 2.21. The quantitative estimate of drug-likeness (QED) is 0.831. The second-order valence-corrected chi connectivity index (χ2v) is 3.49. The molecule has 2 N–H and O–H groups in total. The molecule has 1 atom stereocenters. The van der Waals surface area contributed by atoms with Crippen molar-refractivity contribution < 1.29 is 13.7 Å². The van der Waals surface area contributed by atoms with E-state index in [0.29, 0.717) is 30.5 Å². The van der Waals surface area contributed by atoms with Crippen LogP contribution in [0, 0.1) is 6.92 Å². The molecule has 0 bridgehead atoms. The number of aromatic nitrogens is 3. The standard InChI is InChI=1S/C10H14N4O3/c1-3-15-4-7(11)9-13-10(17-14-9)8-6(2)12-5-16-8/h5,7H,3-4,11H2,1-2H3. The summed E-state index contributed by atoms with van der Waals surface area (Å²) in [6.45, 7) is 4.64. The molecule has 92 valence electrons. The molecular formula is C10H14N4O3. The normalized spacial score (nSPS) is 12.9. The Morgan fingerprint density at radius 3 is 3.00 bits per heavy atom. The Hall–Kier alpha value is -1.73. The van der Waals surface area contributed by atoms with Crippen molar-refractivity contribution in [1.82, 2.24) is 15.1 Å². The summed E-state index contributed by atoms with van der Waals surface area (Å²) in [5.74, 6) is 1.14. The average Bonchev–Trinajstić information content (AvgIpc) is 2.93. The van der Waals surface area contributed by atoms with Crippen molar-refractivity contribution in [3.05, 3.63) is 17.9 Å². The van der Waals surface area contributed by atoms with E-state index in [0.717, 1.165) is 0 Å². The lowest BCUT2D eigenvalue weighted by Crippen LogP contribution is -2.18. The molecule has 17 heavy (non-hydrogen) atoms. The highest BCUT2D eigenvalue weighted by Crippen LogP contribution is 2.21. The molecule has 0 saturated carbocycles. The van der Waals surface area contributed by atoms with Crippen LogP contribution in [0.2, 0.25) is 0 Å². The lowest BCUT2D eigenvalue weighted by Gasteiger charge is -2.05. The van der Waals surface area contributed by atoms with Crippen LogP contribution in [0.15, 0.2) is 15.3 Å². The summed E-state index contributed by atoms with van der Waals surface area (Å²) in [5.41, 5.74) is 6.52. The largest absolute Gasteiger partial charge is 0.438 e. The molecule has 0 fully saturated rings. The van der Waals surface area contributed by atoms with Gasteiger partial charge in [0.15, 0.2) is 12.2 Å². The number of hydrogen-bond acceptors (Lipinski definition) is 7. The average molecular weight is 238 g/mol. The van der Waals surface area contributed by atoms with Crippen LogP contribution in [-0.4, -0.2) is 28.3 Å². The van der Waals surface area contributed by atoms with Gasteiger partial charge in [-0.15, -0.1) is 0 Å². The summed E-state index contributed by atoms with van der Waals surface area (Å²) in [5, 5.41) is 3.79. The fourth-order valence-electron chi connectivity index (χ4n) is 1.30. The number of aryl methyl sites for hydroxylation is 1. The molecule has 1 unspecified atom stereocenters. The first-order valence-electron chi connectivity index (χ1n) is 5.29. The summed E-state index contributed by atoms with van der Waals surface area (Å²) in [7, 11) is 0. The molecule has 0 amide bonds. The first-order valence-corrected chi connectivity index (χ1v) is 5.29. The molecule has 0 aromatic carbocycles. The van der Waals surface area contributed by atoms with Gasteiger partial charge in [-0.05, 0) is 13.8 Å². The number of oxazole rings is 1. The van der Waals surface area contributed by atoms with Crippen molar-refractivity contribution in [2.24, 2.45) is 5.73 Å². The first-order chi connectivity index (χ1) is 8.22. The fraction of sp³-hybridized carbons (Fsp3) is 0.500. The van der Waals surface area contributed by atoms with Gasteiger partial charge in [-0.2, -0.15) is 4.98 Å². The van der Waals surface area contributed by atoms with Gasteiger partial charge in [0, 0.05) is 6.61 Å². The van der Waals surface area contributed by atoms with Gasteiger partial charge in [0.25, 0.3) is 5.89 Å². The third-order valence-electron chi connectivity index (χ3n) is 2.21. The van der Waals surface area contributed by atoms with E-state index in [1.54, 1.807) is 6.92 Å². The minimum Gasteiger partial charge on any atom is -0.438 e. The molecule has 2 rings (SSSR count). The maximum absolute atomic E-state index is 5.83. The van der Waals surface area contributed by atoms with Crippen molar-refractivity contribution in [3.8, 4) is 11.7 Å². The lowest BCUT2D eigenvalue weighted by molar-refractivity contribution is 0.130. The maximum Gasteiger partial charge on any atom is 0.295 e. The van der Waals surface area contributed by atoms with Crippen molar-refractivity contribution in [3.63, 3.8) is 0 Å². The van der Waals surface area contributed by atoms with Crippen molar-refractivity contribution in [2.75, 3.05) is 13.2 Å². The molecule has 0 radical (unpaired) electrons. The number of rotatable bonds is 5. The van der Waals surface area contributed by atoms with E-state index in [4.69, 9.17) is 19.4 Å². The van der Waals surface area contributed by atoms with Crippen LogP contribution in [-0.2, 0) is 4.74 Å². The van der Waals surface area contributed by atoms with Gasteiger partial charge >= 0.3 is 0 Å². The fourth-order valence-corrected chi connectivity index (χ4v) is 1.30. The molecule has 0 spiro atoms. The third kappa shape index (κ3) is 2.51. The highest BCUT2D eigenvalue weighted by molar-refractivity contribution is 5.46. The SMILES string of the molecule is CCOCC(N)c1noc(-c2ocnc2C)n1. The summed E-state index contributed by atoms with van der Waals surface area (Å²) in [6, 6.07) is -0.407. The van der Waals surface area contributed by atoms with E-state index in [-0.39, 0.29) is 5.89 Å². The van der Waals surface area contributed by atoms with E-state index in [1.807, 2.05) is 6.92 Å². The van der Waals surface area contributed by atoms with Crippen LogP contribution in [0.25, 0.3) is 11.7 Å². The summed E-state index contributed by atoms with van der Waals surface area (Å²) >= 11 is 0. The molecule has 2 heterocycles. The topological polar surface area (TPSA) is 100 Å². The molecule has 0 saturated heterocycles. The molecule has 0 aliphatic heterocycles. The van der Waals surface area contributed by atoms with E-state index >= 15 is 0 Å². The second kappa shape index (κ2) is 5.07. The molecule has 2 aromatic rings. The van der Waals surface area contributed by atoms with Crippen molar-refractivity contribution in [2.45, 2.75) is 19.9 Å². The van der Waals surface area contributed by atoms with Gasteiger partial charge in [-0.3, -0.25) is 0 Å². The zero-order chi connectivity index (χ0) is 12.3. The summed E-state index contributed by atoms with van der Waals surface area (Å²) in [6.07, 6.45) is 1.33. The first kappa shape index (κ1) is 11.7. The number of hydrogen-bond donors (Lipinski definition) is 1. The Balaban J connectivity index is 2.13. The summed E-state index contributed by atoms with van der Waals surface area (Å²) in [4.78, 5) is 8.10. The van der Waals surface area contributed by atoms with Crippen molar-refractivity contribution in [1.29, 1.82) is 0 Å². The number of ether oxygens (including phenoxy) is 1. The molecule has 7 nitrogen and oxygen atoms in total. The van der Waals surface area contributed by atoms with E-state index < -0.39 is 6.04 Å². The van der Waals surface area contributed by atoms with Crippen LogP contribution in [0.4, 0.5) is 0 Å². The molecular weight excluding hydrogens is 224 g/mol. The molecule has 0 aliphatic carbocycles. The Kier molecular flexibility index (Phi) is 3.50. The predicted octanol–water partition coefficient (Wildman–Crippen LogP) is 1.07. The Morgan fingerprint density at radius 2 is 2.35 bits per heavy atom. The highest BCUT2D eigenvalue weighted by Gasteiger charge is 2.18. The number of nitrogens with two attached hydrogens (primary N) is 1. The Morgan fingerprint density at radius 1 is 1.53 bits per heavy atom. The number of nitrogens with zero attached hydrogens (tertiary/aromatic N) is 3. The minimum absolute atomic E-state index is 0.280. The van der Waals surface area contributed by atoms with Gasteiger partial charge < -0.3 is 19.4 Å². The zero-order valence-corrected chi connectivity index (χ0v) is 9.71. The van der Waals surface area contributed by atoms with Gasteiger partial charge in [0.05, 0.1) is 18.3 Å². The van der Waals surface area contributed by atoms with E-state index in [9.17, 15) is 0 Å². The minimum atomic E-state index is -0.407. The Bertz CT molecular complexity index is 479. The molecule has 2 aromatic heterocycles. The van der Waals surface area contributed by atoms with Gasteiger partial charge in [-0.1, -0.05) is 5.16 Å². The van der Waals surface area contributed by atoms with Crippen LogP contribution >= 0.6 is 0 Å². The highest BCUT2D eigenvalue weighted by atomic mass is 16.5. The maximum atomic E-state index is 5.83. The van der Waals surface area contributed by atoms with Gasteiger partial charge in [-0.25, -0.2) is 4.98 Å². The molecule has 0 aliphatic rings. The van der Waals surface area contributed by atoms with Crippen molar-refractivity contribution >= 4 is 0 Å². The van der Waals surface area contributed by atoms with E-state index in [1.165, 1.54) is 6.39 Å². The van der Waals surface area contributed by atoms with Gasteiger partial charge in [0.2, 0.25) is 5.76 Å². The van der Waals surface area contributed by atoms with E-state index in [2.05, 4.69) is 15.1 Å². The second-order valence-electron chi connectivity index (χ2n) is 3.49. The zero-order valence-electron chi connectivity index (χ0n) is 9.71.